The Bertz CT molecular complexity index is 540. The first-order chi connectivity index (χ1) is 10.0. The fourth-order valence-electron chi connectivity index (χ4n) is 2.70. The summed E-state index contributed by atoms with van der Waals surface area (Å²) in [6.45, 7) is 0.661. The van der Waals surface area contributed by atoms with E-state index in [2.05, 4.69) is 5.32 Å². The first-order valence-corrected chi connectivity index (χ1v) is 7.43. The van der Waals surface area contributed by atoms with Gasteiger partial charge in [0.25, 0.3) is 0 Å². The molecule has 1 aliphatic rings. The molecule has 1 aromatic rings. The topological polar surface area (TPSA) is 92.4 Å². The molecule has 0 bridgehead atoms. The Morgan fingerprint density at radius 3 is 2.52 bits per heavy atom. The van der Waals surface area contributed by atoms with Crippen LogP contribution >= 0.6 is 11.6 Å². The maximum absolute atomic E-state index is 12.3. The maximum Gasteiger partial charge on any atom is 0.337 e. The summed E-state index contributed by atoms with van der Waals surface area (Å²) < 4.78 is 0. The molecule has 1 saturated carbocycles. The molecule has 1 aromatic carbocycles. The molecule has 21 heavy (non-hydrogen) atoms. The van der Waals surface area contributed by atoms with Gasteiger partial charge in [-0.05, 0) is 56.3 Å². The summed E-state index contributed by atoms with van der Waals surface area (Å²) in [6, 6.07) is 4.43. The number of carboxylic acids is 1. The highest BCUT2D eigenvalue weighted by Gasteiger charge is 2.26. The number of hydrogen-bond donors (Lipinski definition) is 3. The normalized spacial score (nSPS) is 21.8. The molecule has 1 fully saturated rings. The highest BCUT2D eigenvalue weighted by Crippen LogP contribution is 2.29. The van der Waals surface area contributed by atoms with Crippen LogP contribution in [0.4, 0.5) is 5.69 Å². The van der Waals surface area contributed by atoms with Crippen molar-refractivity contribution in [1.29, 1.82) is 0 Å². The minimum absolute atomic E-state index is 0.00601. The number of nitrogens with one attached hydrogen (secondary N) is 1. The van der Waals surface area contributed by atoms with Crippen LogP contribution in [0.2, 0.25) is 5.02 Å². The minimum atomic E-state index is -1.11. The second kappa shape index (κ2) is 6.91. The van der Waals surface area contributed by atoms with Crippen molar-refractivity contribution in [3.63, 3.8) is 0 Å². The summed E-state index contributed by atoms with van der Waals surface area (Å²) in [5.41, 5.74) is 5.93. The summed E-state index contributed by atoms with van der Waals surface area (Å²) >= 11 is 5.79. The van der Waals surface area contributed by atoms with Crippen LogP contribution in [0.1, 0.15) is 36.0 Å². The smallest absolute Gasteiger partial charge is 0.337 e. The SMILES string of the molecule is NCC1CCC(C(=O)Nc2ccc(Cl)cc2C(=O)O)CC1. The van der Waals surface area contributed by atoms with E-state index in [0.29, 0.717) is 17.5 Å². The average Bonchev–Trinajstić information content (AvgIpc) is 2.49. The fourth-order valence-corrected chi connectivity index (χ4v) is 2.87. The molecular weight excluding hydrogens is 292 g/mol. The Hall–Kier alpha value is -1.59. The molecule has 0 radical (unpaired) electrons. The molecule has 1 aliphatic carbocycles. The van der Waals surface area contributed by atoms with Crippen LogP contribution in [0.15, 0.2) is 18.2 Å². The van der Waals surface area contributed by atoms with Crippen molar-refractivity contribution in [2.24, 2.45) is 17.6 Å². The predicted octanol–water partition coefficient (Wildman–Crippen LogP) is 2.74. The molecule has 0 atom stereocenters. The number of carboxylic acid groups (broad SMARTS) is 1. The molecule has 5 nitrogen and oxygen atoms in total. The van der Waals surface area contributed by atoms with Crippen molar-refractivity contribution in [3.05, 3.63) is 28.8 Å². The van der Waals surface area contributed by atoms with Gasteiger partial charge < -0.3 is 16.2 Å². The van der Waals surface area contributed by atoms with Gasteiger partial charge in [-0.3, -0.25) is 4.79 Å². The Morgan fingerprint density at radius 1 is 1.29 bits per heavy atom. The molecule has 4 N–H and O–H groups in total. The van der Waals surface area contributed by atoms with Crippen LogP contribution in [0.5, 0.6) is 0 Å². The second-order valence-corrected chi connectivity index (χ2v) is 5.87. The Morgan fingerprint density at radius 2 is 1.95 bits per heavy atom. The number of amides is 1. The zero-order valence-corrected chi connectivity index (χ0v) is 12.4. The number of carbonyl (C=O) groups is 2. The van der Waals surface area contributed by atoms with Crippen molar-refractivity contribution in [1.82, 2.24) is 0 Å². The van der Waals surface area contributed by atoms with E-state index in [-0.39, 0.29) is 23.1 Å². The first-order valence-electron chi connectivity index (χ1n) is 7.05. The minimum Gasteiger partial charge on any atom is -0.478 e. The third kappa shape index (κ3) is 3.95. The van der Waals surface area contributed by atoms with Crippen LogP contribution in [0.3, 0.4) is 0 Å². The second-order valence-electron chi connectivity index (χ2n) is 5.44. The summed E-state index contributed by atoms with van der Waals surface area (Å²) in [5, 5.41) is 12.2. The number of hydrogen-bond acceptors (Lipinski definition) is 3. The Balaban J connectivity index is 2.05. The van der Waals surface area contributed by atoms with Crippen LogP contribution in [-0.4, -0.2) is 23.5 Å². The summed E-state index contributed by atoms with van der Waals surface area (Å²) in [4.78, 5) is 23.4. The lowest BCUT2D eigenvalue weighted by Gasteiger charge is -2.26. The summed E-state index contributed by atoms with van der Waals surface area (Å²) in [5.74, 6) is -0.820. The van der Waals surface area contributed by atoms with E-state index in [9.17, 15) is 9.59 Å². The molecule has 0 saturated heterocycles. The monoisotopic (exact) mass is 310 g/mol. The van der Waals surface area contributed by atoms with E-state index in [4.69, 9.17) is 22.4 Å². The van der Waals surface area contributed by atoms with Gasteiger partial charge >= 0.3 is 5.97 Å². The standard InChI is InChI=1S/C15H19ClN2O3/c16-11-5-6-13(12(7-11)15(20)21)18-14(19)10-3-1-9(8-17)2-4-10/h5-7,9-10H,1-4,8,17H2,(H,18,19)(H,20,21). The van der Waals surface area contributed by atoms with Crippen LogP contribution < -0.4 is 11.1 Å². The molecule has 0 heterocycles. The lowest BCUT2D eigenvalue weighted by atomic mass is 9.81. The molecule has 0 spiro atoms. The van der Waals surface area contributed by atoms with Crippen molar-refractivity contribution < 1.29 is 14.7 Å². The molecule has 2 rings (SSSR count). The summed E-state index contributed by atoms with van der Waals surface area (Å²) in [6.07, 6.45) is 3.48. The maximum atomic E-state index is 12.3. The van der Waals surface area contributed by atoms with Crippen molar-refractivity contribution in [3.8, 4) is 0 Å². The molecule has 6 heteroatoms. The van der Waals surface area contributed by atoms with Gasteiger partial charge in [0.05, 0.1) is 11.3 Å². The van der Waals surface area contributed by atoms with Gasteiger partial charge in [0, 0.05) is 10.9 Å². The highest BCUT2D eigenvalue weighted by atomic mass is 35.5. The third-order valence-corrected chi connectivity index (χ3v) is 4.26. The van der Waals surface area contributed by atoms with Crippen LogP contribution in [0.25, 0.3) is 0 Å². The molecule has 0 aliphatic heterocycles. The van der Waals surface area contributed by atoms with E-state index in [1.165, 1.54) is 12.1 Å². The highest BCUT2D eigenvalue weighted by molar-refractivity contribution is 6.31. The molecule has 1 amide bonds. The van der Waals surface area contributed by atoms with Gasteiger partial charge in [0.1, 0.15) is 0 Å². The van der Waals surface area contributed by atoms with Crippen molar-refractivity contribution >= 4 is 29.2 Å². The lowest BCUT2D eigenvalue weighted by molar-refractivity contribution is -0.121. The molecule has 114 valence electrons. The number of aromatic carboxylic acids is 1. The van der Waals surface area contributed by atoms with Gasteiger partial charge in [-0.25, -0.2) is 4.79 Å². The molecular formula is C15H19ClN2O3. The van der Waals surface area contributed by atoms with Gasteiger partial charge in [-0.1, -0.05) is 11.6 Å². The first kappa shape index (κ1) is 15.8. The number of benzene rings is 1. The zero-order valence-electron chi connectivity index (χ0n) is 11.6. The van der Waals surface area contributed by atoms with E-state index < -0.39 is 5.97 Å². The van der Waals surface area contributed by atoms with Gasteiger partial charge in [0.15, 0.2) is 0 Å². The zero-order chi connectivity index (χ0) is 15.4. The quantitative estimate of drug-likeness (QED) is 0.797. The molecule has 0 aromatic heterocycles. The average molecular weight is 311 g/mol. The van der Waals surface area contributed by atoms with Crippen molar-refractivity contribution in [2.75, 3.05) is 11.9 Å². The van der Waals surface area contributed by atoms with Crippen LogP contribution in [0, 0.1) is 11.8 Å². The predicted molar refractivity (Wildman–Crippen MR) is 81.5 cm³/mol. The largest absolute Gasteiger partial charge is 0.478 e. The number of anilines is 1. The van der Waals surface area contributed by atoms with E-state index in [1.807, 2.05) is 0 Å². The van der Waals surface area contributed by atoms with Gasteiger partial charge in [-0.15, -0.1) is 0 Å². The van der Waals surface area contributed by atoms with Crippen molar-refractivity contribution in [2.45, 2.75) is 25.7 Å². The number of rotatable bonds is 4. The van der Waals surface area contributed by atoms with Gasteiger partial charge in [-0.2, -0.15) is 0 Å². The van der Waals surface area contributed by atoms with E-state index in [1.54, 1.807) is 6.07 Å². The number of halogens is 1. The number of nitrogens with two attached hydrogens (primary N) is 1. The Kier molecular flexibility index (Phi) is 5.20. The third-order valence-electron chi connectivity index (χ3n) is 4.02. The van der Waals surface area contributed by atoms with Crippen LogP contribution in [-0.2, 0) is 4.79 Å². The lowest BCUT2D eigenvalue weighted by Crippen LogP contribution is -2.29. The van der Waals surface area contributed by atoms with Gasteiger partial charge in [0.2, 0.25) is 5.91 Å². The molecule has 0 unspecified atom stereocenters. The summed E-state index contributed by atoms with van der Waals surface area (Å²) in [7, 11) is 0. The Labute approximate surface area is 128 Å². The number of carbonyl (C=O) groups excluding carboxylic acids is 1. The van der Waals surface area contributed by atoms with E-state index >= 15 is 0 Å². The fraction of sp³-hybridized carbons (Fsp3) is 0.467. The van der Waals surface area contributed by atoms with E-state index in [0.717, 1.165) is 25.7 Å².